The summed E-state index contributed by atoms with van der Waals surface area (Å²) < 4.78 is 5.29. The van der Waals surface area contributed by atoms with Crippen molar-refractivity contribution in [2.75, 3.05) is 0 Å². The third-order valence-corrected chi connectivity index (χ3v) is 4.13. The highest BCUT2D eigenvalue weighted by Gasteiger charge is 2.20. The van der Waals surface area contributed by atoms with E-state index in [0.717, 1.165) is 24.7 Å². The van der Waals surface area contributed by atoms with Crippen LogP contribution >= 0.6 is 0 Å². The molecule has 1 fully saturated rings. The quantitative estimate of drug-likeness (QED) is 0.548. The van der Waals surface area contributed by atoms with Gasteiger partial charge in [-0.05, 0) is 19.3 Å². The SMILES string of the molecule is CCCCCCCCCCCc1nc(CNC2CC2)no1. The molecule has 1 aliphatic carbocycles. The van der Waals surface area contributed by atoms with Crippen LogP contribution in [0.4, 0.5) is 0 Å². The number of nitrogens with one attached hydrogen (secondary N) is 1. The summed E-state index contributed by atoms with van der Waals surface area (Å²) in [5.41, 5.74) is 0. The van der Waals surface area contributed by atoms with Gasteiger partial charge in [0.1, 0.15) is 0 Å². The summed E-state index contributed by atoms with van der Waals surface area (Å²) >= 11 is 0. The van der Waals surface area contributed by atoms with Crippen molar-refractivity contribution in [2.24, 2.45) is 0 Å². The van der Waals surface area contributed by atoms with E-state index in [0.29, 0.717) is 6.04 Å². The first-order chi connectivity index (χ1) is 10.4. The molecule has 2 rings (SSSR count). The molecule has 0 amide bonds. The Morgan fingerprint density at radius 2 is 1.67 bits per heavy atom. The maximum absolute atomic E-state index is 5.29. The molecule has 1 heterocycles. The van der Waals surface area contributed by atoms with Crippen molar-refractivity contribution < 1.29 is 4.52 Å². The second-order valence-corrected chi connectivity index (χ2v) is 6.34. The molecule has 1 aliphatic rings. The lowest BCUT2D eigenvalue weighted by molar-refractivity contribution is 0.367. The first kappa shape index (κ1) is 16.5. The molecule has 4 heteroatoms. The normalized spacial score (nSPS) is 14.7. The third kappa shape index (κ3) is 7.60. The van der Waals surface area contributed by atoms with Gasteiger partial charge in [0.2, 0.25) is 5.89 Å². The van der Waals surface area contributed by atoms with E-state index in [2.05, 4.69) is 22.4 Å². The lowest BCUT2D eigenvalue weighted by atomic mass is 10.1. The van der Waals surface area contributed by atoms with Gasteiger partial charge in [-0.1, -0.05) is 63.4 Å². The Hall–Kier alpha value is -0.900. The fraction of sp³-hybridized carbons (Fsp3) is 0.882. The summed E-state index contributed by atoms with van der Waals surface area (Å²) in [5.74, 6) is 1.62. The highest BCUT2D eigenvalue weighted by Crippen LogP contribution is 2.19. The van der Waals surface area contributed by atoms with Gasteiger partial charge in [-0.2, -0.15) is 4.98 Å². The van der Waals surface area contributed by atoms with E-state index in [-0.39, 0.29) is 0 Å². The molecule has 0 atom stereocenters. The monoisotopic (exact) mass is 293 g/mol. The van der Waals surface area contributed by atoms with Crippen LogP contribution in [0.2, 0.25) is 0 Å². The van der Waals surface area contributed by atoms with Crippen molar-refractivity contribution in [1.82, 2.24) is 15.5 Å². The van der Waals surface area contributed by atoms with Gasteiger partial charge in [0.05, 0.1) is 6.54 Å². The van der Waals surface area contributed by atoms with E-state index in [9.17, 15) is 0 Å². The van der Waals surface area contributed by atoms with Gasteiger partial charge in [0.15, 0.2) is 5.82 Å². The highest BCUT2D eigenvalue weighted by atomic mass is 16.5. The number of hydrogen-bond acceptors (Lipinski definition) is 4. The molecule has 1 aromatic rings. The maximum Gasteiger partial charge on any atom is 0.226 e. The molecule has 0 bridgehead atoms. The van der Waals surface area contributed by atoms with Crippen molar-refractivity contribution in [3.05, 3.63) is 11.7 Å². The van der Waals surface area contributed by atoms with Crippen molar-refractivity contribution in [3.63, 3.8) is 0 Å². The van der Waals surface area contributed by atoms with Gasteiger partial charge in [-0.3, -0.25) is 0 Å². The zero-order chi connectivity index (χ0) is 14.8. The Morgan fingerprint density at radius 3 is 2.33 bits per heavy atom. The Morgan fingerprint density at radius 1 is 1.00 bits per heavy atom. The summed E-state index contributed by atoms with van der Waals surface area (Å²) in [5, 5.41) is 7.43. The number of nitrogens with zero attached hydrogens (tertiary/aromatic N) is 2. The van der Waals surface area contributed by atoms with Gasteiger partial charge in [-0.15, -0.1) is 0 Å². The second kappa shape index (κ2) is 9.93. The molecular weight excluding hydrogens is 262 g/mol. The molecule has 1 N–H and O–H groups in total. The smallest absolute Gasteiger partial charge is 0.226 e. The van der Waals surface area contributed by atoms with Gasteiger partial charge >= 0.3 is 0 Å². The van der Waals surface area contributed by atoms with Gasteiger partial charge in [-0.25, -0.2) is 0 Å². The van der Waals surface area contributed by atoms with E-state index in [4.69, 9.17) is 4.52 Å². The first-order valence-electron chi connectivity index (χ1n) is 8.93. The molecule has 0 spiro atoms. The van der Waals surface area contributed by atoms with Gasteiger partial charge in [0, 0.05) is 12.5 Å². The predicted octanol–water partition coefficient (Wildman–Crippen LogP) is 4.39. The third-order valence-electron chi connectivity index (χ3n) is 4.13. The molecule has 4 nitrogen and oxygen atoms in total. The Bertz CT molecular complexity index is 374. The van der Waals surface area contributed by atoms with Crippen LogP contribution in [0.5, 0.6) is 0 Å². The van der Waals surface area contributed by atoms with Crippen LogP contribution in [0.25, 0.3) is 0 Å². The van der Waals surface area contributed by atoms with Crippen LogP contribution in [0, 0.1) is 0 Å². The van der Waals surface area contributed by atoms with Crippen LogP contribution in [-0.2, 0) is 13.0 Å². The highest BCUT2D eigenvalue weighted by molar-refractivity contribution is 4.89. The van der Waals surface area contributed by atoms with E-state index in [1.807, 2.05) is 0 Å². The molecule has 1 saturated carbocycles. The number of aromatic nitrogens is 2. The predicted molar refractivity (Wildman–Crippen MR) is 85.1 cm³/mol. The fourth-order valence-electron chi connectivity index (χ4n) is 2.57. The number of aryl methyl sites for hydroxylation is 1. The minimum Gasteiger partial charge on any atom is -0.339 e. The molecule has 0 aliphatic heterocycles. The van der Waals surface area contributed by atoms with E-state index >= 15 is 0 Å². The van der Waals surface area contributed by atoms with Crippen LogP contribution in [0.15, 0.2) is 4.52 Å². The van der Waals surface area contributed by atoms with Crippen molar-refractivity contribution in [2.45, 2.75) is 96.6 Å². The van der Waals surface area contributed by atoms with Crippen molar-refractivity contribution in [1.29, 1.82) is 0 Å². The molecular formula is C17H31N3O. The minimum atomic E-state index is 0.698. The Labute approximate surface area is 129 Å². The van der Waals surface area contributed by atoms with Gasteiger partial charge in [0.25, 0.3) is 0 Å². The summed E-state index contributed by atoms with van der Waals surface area (Å²) in [6.07, 6.45) is 15.7. The zero-order valence-corrected chi connectivity index (χ0v) is 13.6. The average molecular weight is 293 g/mol. The topological polar surface area (TPSA) is 51.0 Å². The molecule has 21 heavy (non-hydrogen) atoms. The molecule has 0 radical (unpaired) electrons. The summed E-state index contributed by atoms with van der Waals surface area (Å²) in [4.78, 5) is 4.44. The summed E-state index contributed by atoms with van der Waals surface area (Å²) in [6, 6.07) is 0.698. The summed E-state index contributed by atoms with van der Waals surface area (Å²) in [7, 11) is 0. The van der Waals surface area contributed by atoms with Crippen molar-refractivity contribution in [3.8, 4) is 0 Å². The summed E-state index contributed by atoms with van der Waals surface area (Å²) in [6.45, 7) is 3.02. The van der Waals surface area contributed by atoms with Crippen molar-refractivity contribution >= 4 is 0 Å². The van der Waals surface area contributed by atoms with Crippen LogP contribution < -0.4 is 5.32 Å². The second-order valence-electron chi connectivity index (χ2n) is 6.34. The first-order valence-corrected chi connectivity index (χ1v) is 8.93. The van der Waals surface area contributed by atoms with Gasteiger partial charge < -0.3 is 9.84 Å². The molecule has 0 unspecified atom stereocenters. The maximum atomic E-state index is 5.29. The number of rotatable bonds is 13. The minimum absolute atomic E-state index is 0.698. The largest absolute Gasteiger partial charge is 0.339 e. The van der Waals surface area contributed by atoms with E-state index < -0.39 is 0 Å². The fourth-order valence-corrected chi connectivity index (χ4v) is 2.57. The molecule has 120 valence electrons. The molecule has 0 aromatic carbocycles. The average Bonchev–Trinajstić information content (AvgIpc) is 3.22. The number of unbranched alkanes of at least 4 members (excludes halogenated alkanes) is 8. The Kier molecular flexibility index (Phi) is 7.79. The van der Waals surface area contributed by atoms with E-state index in [1.54, 1.807) is 0 Å². The van der Waals surface area contributed by atoms with Crippen LogP contribution in [0.3, 0.4) is 0 Å². The Balaban J connectivity index is 1.43. The van der Waals surface area contributed by atoms with Crippen LogP contribution in [0.1, 0.15) is 89.3 Å². The standard InChI is InChI=1S/C17H31N3O/c1-2-3-4-5-6-7-8-9-10-11-17-19-16(20-21-17)14-18-15-12-13-15/h15,18H,2-14H2,1H3. The lowest BCUT2D eigenvalue weighted by Crippen LogP contribution is -2.16. The van der Waals surface area contributed by atoms with Crippen LogP contribution in [-0.4, -0.2) is 16.2 Å². The zero-order valence-electron chi connectivity index (χ0n) is 13.6. The molecule has 0 saturated heterocycles. The number of hydrogen-bond donors (Lipinski definition) is 1. The lowest BCUT2D eigenvalue weighted by Gasteiger charge is -2.00. The van der Waals surface area contributed by atoms with E-state index in [1.165, 1.54) is 70.6 Å². The molecule has 1 aromatic heterocycles.